The van der Waals surface area contributed by atoms with E-state index in [0.717, 1.165) is 12.1 Å². The molecule has 1 aliphatic heterocycles. The van der Waals surface area contributed by atoms with Crippen LogP contribution in [0.4, 0.5) is 0 Å². The molecule has 1 aromatic carbocycles. The summed E-state index contributed by atoms with van der Waals surface area (Å²) < 4.78 is 11.8. The van der Waals surface area contributed by atoms with Gasteiger partial charge in [-0.2, -0.15) is 0 Å². The summed E-state index contributed by atoms with van der Waals surface area (Å²) in [5.41, 5.74) is 1.95. The molecular weight excluding hydrogens is 318 g/mol. The van der Waals surface area contributed by atoms with Crippen LogP contribution >= 0.6 is 11.6 Å². The van der Waals surface area contributed by atoms with Crippen molar-refractivity contribution in [3.8, 4) is 16.9 Å². The maximum absolute atomic E-state index is 12.8. The van der Waals surface area contributed by atoms with Crippen LogP contribution in [0.5, 0.6) is 5.75 Å². The molecule has 1 aromatic heterocycles. The van der Waals surface area contributed by atoms with Crippen LogP contribution in [0.2, 0.25) is 5.02 Å². The first-order valence-electron chi connectivity index (χ1n) is 7.25. The molecule has 0 fully saturated rings. The van der Waals surface area contributed by atoms with E-state index in [2.05, 4.69) is 0 Å². The average Bonchev–Trinajstić information content (AvgIpc) is 3.05. The van der Waals surface area contributed by atoms with Gasteiger partial charge in [-0.05, 0) is 37.1 Å². The summed E-state index contributed by atoms with van der Waals surface area (Å²) in [7, 11) is 2.86. The number of fused-ring (bicyclic) bond motifs is 1. The van der Waals surface area contributed by atoms with Crippen molar-refractivity contribution in [2.45, 2.75) is 19.4 Å². The molecule has 2 heterocycles. The van der Waals surface area contributed by atoms with E-state index in [4.69, 9.17) is 21.1 Å². The second-order valence-corrected chi connectivity index (χ2v) is 5.75. The van der Waals surface area contributed by atoms with E-state index in [1.54, 1.807) is 28.8 Å². The lowest BCUT2D eigenvalue weighted by Crippen LogP contribution is -2.24. The van der Waals surface area contributed by atoms with Crippen molar-refractivity contribution in [3.63, 3.8) is 0 Å². The van der Waals surface area contributed by atoms with Crippen LogP contribution in [-0.4, -0.2) is 24.8 Å². The molecule has 0 saturated carbocycles. The quantitative estimate of drug-likeness (QED) is 0.810. The topological polar surface area (TPSA) is 57.5 Å². The fourth-order valence-electron chi connectivity index (χ4n) is 2.98. The van der Waals surface area contributed by atoms with Crippen LogP contribution in [0.25, 0.3) is 11.1 Å². The predicted octanol–water partition coefficient (Wildman–Crippen LogP) is 2.91. The molecule has 6 heteroatoms. The van der Waals surface area contributed by atoms with Crippen LogP contribution in [-0.2, 0) is 17.7 Å². The van der Waals surface area contributed by atoms with Crippen molar-refractivity contribution in [1.29, 1.82) is 0 Å². The molecule has 5 nitrogen and oxygen atoms in total. The van der Waals surface area contributed by atoms with E-state index in [9.17, 15) is 9.59 Å². The highest BCUT2D eigenvalue weighted by Crippen LogP contribution is 2.32. The van der Waals surface area contributed by atoms with Gasteiger partial charge in [0, 0.05) is 22.8 Å². The van der Waals surface area contributed by atoms with E-state index < -0.39 is 5.97 Å². The molecule has 0 atom stereocenters. The Kier molecular flexibility index (Phi) is 4.13. The van der Waals surface area contributed by atoms with Gasteiger partial charge in [0.05, 0.1) is 25.3 Å². The molecule has 23 heavy (non-hydrogen) atoms. The molecule has 0 N–H and O–H groups in total. The van der Waals surface area contributed by atoms with Gasteiger partial charge in [-0.3, -0.25) is 4.79 Å². The van der Waals surface area contributed by atoms with Crippen molar-refractivity contribution >= 4 is 17.6 Å². The minimum absolute atomic E-state index is 0.147. The van der Waals surface area contributed by atoms with Crippen molar-refractivity contribution in [2.24, 2.45) is 0 Å². The summed E-state index contributed by atoms with van der Waals surface area (Å²) in [5, 5.41) is 0.491. The minimum Gasteiger partial charge on any atom is -0.496 e. The molecule has 1 aliphatic rings. The SMILES string of the molecule is COC(=O)c1cc(-c2cc(Cl)ccc2OC)c(=O)n2c1CCC2. The third-order valence-corrected chi connectivity index (χ3v) is 4.29. The molecule has 2 aromatic rings. The predicted molar refractivity (Wildman–Crippen MR) is 87.4 cm³/mol. The monoisotopic (exact) mass is 333 g/mol. The average molecular weight is 334 g/mol. The lowest BCUT2D eigenvalue weighted by molar-refractivity contribution is 0.0598. The number of hydrogen-bond acceptors (Lipinski definition) is 4. The first kappa shape index (κ1) is 15.6. The Morgan fingerprint density at radius 3 is 2.70 bits per heavy atom. The van der Waals surface area contributed by atoms with Gasteiger partial charge in [0.15, 0.2) is 0 Å². The standard InChI is InChI=1S/C17H16ClNO4/c1-22-15-6-5-10(18)8-11(15)12-9-13(17(21)23-2)14-4-3-7-19(14)16(12)20/h5-6,8-9H,3-4,7H2,1-2H3. The van der Waals surface area contributed by atoms with Crippen LogP contribution in [0, 0.1) is 0 Å². The van der Waals surface area contributed by atoms with E-state index >= 15 is 0 Å². The van der Waals surface area contributed by atoms with Crippen LogP contribution in [0.1, 0.15) is 22.5 Å². The van der Waals surface area contributed by atoms with Crippen LogP contribution in [0.3, 0.4) is 0 Å². The van der Waals surface area contributed by atoms with Gasteiger partial charge in [-0.1, -0.05) is 11.6 Å². The highest BCUT2D eigenvalue weighted by atomic mass is 35.5. The largest absolute Gasteiger partial charge is 0.496 e. The second kappa shape index (κ2) is 6.08. The van der Waals surface area contributed by atoms with E-state index in [1.807, 2.05) is 0 Å². The Morgan fingerprint density at radius 2 is 2.00 bits per heavy atom. The summed E-state index contributed by atoms with van der Waals surface area (Å²) in [4.78, 5) is 24.9. The number of halogens is 1. The van der Waals surface area contributed by atoms with Gasteiger partial charge in [0.25, 0.3) is 5.56 Å². The molecule has 0 unspecified atom stereocenters. The molecule has 0 spiro atoms. The Hall–Kier alpha value is -2.27. The number of methoxy groups -OCH3 is 2. The smallest absolute Gasteiger partial charge is 0.339 e. The third kappa shape index (κ3) is 2.61. The van der Waals surface area contributed by atoms with Crippen molar-refractivity contribution in [3.05, 3.63) is 50.9 Å². The molecule has 0 saturated heterocycles. The third-order valence-electron chi connectivity index (χ3n) is 4.05. The number of carbonyl (C=O) groups is 1. The van der Waals surface area contributed by atoms with Gasteiger partial charge in [-0.25, -0.2) is 4.79 Å². The summed E-state index contributed by atoms with van der Waals surface area (Å²) >= 11 is 6.07. The Bertz CT molecular complexity index is 841. The van der Waals surface area contributed by atoms with Gasteiger partial charge in [-0.15, -0.1) is 0 Å². The molecule has 0 radical (unpaired) electrons. The number of aromatic nitrogens is 1. The first-order chi connectivity index (χ1) is 11.1. The molecule has 120 valence electrons. The number of nitrogens with zero attached hydrogens (tertiary/aromatic N) is 1. The van der Waals surface area contributed by atoms with Crippen molar-refractivity contribution in [2.75, 3.05) is 14.2 Å². The van der Waals surface area contributed by atoms with Crippen LogP contribution in [0.15, 0.2) is 29.1 Å². The number of pyridine rings is 1. The number of hydrogen-bond donors (Lipinski definition) is 0. The fourth-order valence-corrected chi connectivity index (χ4v) is 3.16. The first-order valence-corrected chi connectivity index (χ1v) is 7.63. The van der Waals surface area contributed by atoms with E-state index in [0.29, 0.717) is 40.4 Å². The molecular formula is C17H16ClNO4. The van der Waals surface area contributed by atoms with E-state index in [1.165, 1.54) is 14.2 Å². The van der Waals surface area contributed by atoms with Crippen LogP contribution < -0.4 is 10.3 Å². The highest BCUT2D eigenvalue weighted by Gasteiger charge is 2.25. The van der Waals surface area contributed by atoms with Crippen molar-refractivity contribution < 1.29 is 14.3 Å². The molecule has 0 aliphatic carbocycles. The maximum Gasteiger partial charge on any atom is 0.339 e. The van der Waals surface area contributed by atoms with Gasteiger partial charge < -0.3 is 14.0 Å². The van der Waals surface area contributed by atoms with Gasteiger partial charge in [0.2, 0.25) is 0 Å². The minimum atomic E-state index is -0.446. The fraction of sp³-hybridized carbons (Fsp3) is 0.294. The van der Waals surface area contributed by atoms with Gasteiger partial charge in [0.1, 0.15) is 5.75 Å². The maximum atomic E-state index is 12.8. The van der Waals surface area contributed by atoms with Gasteiger partial charge >= 0.3 is 5.97 Å². The van der Waals surface area contributed by atoms with Crippen molar-refractivity contribution in [1.82, 2.24) is 4.57 Å². The molecule has 0 amide bonds. The number of benzene rings is 1. The zero-order valence-corrected chi connectivity index (χ0v) is 13.6. The number of carbonyl (C=O) groups excluding carboxylic acids is 1. The summed E-state index contributed by atoms with van der Waals surface area (Å²) in [6.45, 7) is 0.592. The van der Waals surface area contributed by atoms with E-state index in [-0.39, 0.29) is 5.56 Å². The lowest BCUT2D eigenvalue weighted by atomic mass is 10.0. The summed E-state index contributed by atoms with van der Waals surface area (Å²) in [6, 6.07) is 6.64. The second-order valence-electron chi connectivity index (χ2n) is 5.31. The normalized spacial score (nSPS) is 12.8. The highest BCUT2D eigenvalue weighted by molar-refractivity contribution is 6.31. The zero-order valence-electron chi connectivity index (χ0n) is 12.9. The molecule has 3 rings (SSSR count). The zero-order chi connectivity index (χ0) is 16.6. The molecule has 0 bridgehead atoms. The summed E-state index contributed by atoms with van der Waals surface area (Å²) in [5.74, 6) is 0.0822. The number of rotatable bonds is 3. The number of ether oxygens (including phenoxy) is 2. The lowest BCUT2D eigenvalue weighted by Gasteiger charge is -2.14. The summed E-state index contributed by atoms with van der Waals surface area (Å²) in [6.07, 6.45) is 1.52. The Morgan fingerprint density at radius 1 is 1.22 bits per heavy atom. The number of esters is 1. The Balaban J connectivity index is 2.31. The Labute approximate surface area is 138 Å².